The summed E-state index contributed by atoms with van der Waals surface area (Å²) in [7, 11) is 0. The van der Waals surface area contributed by atoms with Gasteiger partial charge in [-0.2, -0.15) is 0 Å². The van der Waals surface area contributed by atoms with Crippen LogP contribution in [-0.4, -0.2) is 22.2 Å². The second kappa shape index (κ2) is 5.78. The summed E-state index contributed by atoms with van der Waals surface area (Å²) < 4.78 is 0. The van der Waals surface area contributed by atoms with E-state index in [1.165, 1.54) is 0 Å². The maximum Gasteiger partial charge on any atom is 0.0730 e. The quantitative estimate of drug-likeness (QED) is 0.761. The predicted octanol–water partition coefficient (Wildman–Crippen LogP) is 4.08. The van der Waals surface area contributed by atoms with Crippen molar-refractivity contribution < 1.29 is 5.11 Å². The summed E-state index contributed by atoms with van der Waals surface area (Å²) in [6, 6.07) is 20.2. The Morgan fingerprint density at radius 2 is 1.68 bits per heavy atom. The number of nitrogens with one attached hydrogen (secondary N) is 1. The van der Waals surface area contributed by atoms with Crippen LogP contribution in [0.5, 0.6) is 0 Å². The summed E-state index contributed by atoms with van der Waals surface area (Å²) in [6.07, 6.45) is 0. The Morgan fingerprint density at radius 1 is 1.00 bits per heavy atom. The Morgan fingerprint density at radius 3 is 2.41 bits per heavy atom. The van der Waals surface area contributed by atoms with Gasteiger partial charge in [-0.3, -0.25) is 0 Å². The first-order valence-corrected chi connectivity index (χ1v) is 7.43. The topological polar surface area (TPSA) is 45.1 Å². The van der Waals surface area contributed by atoms with E-state index in [0.717, 1.165) is 27.8 Å². The predicted molar refractivity (Wildman–Crippen MR) is 92.0 cm³/mol. The van der Waals surface area contributed by atoms with Gasteiger partial charge in [-0.25, -0.2) is 4.98 Å². The van der Waals surface area contributed by atoms with Gasteiger partial charge in [0, 0.05) is 16.6 Å². The number of rotatable bonds is 4. The van der Waals surface area contributed by atoms with Gasteiger partial charge in [-0.1, -0.05) is 48.5 Å². The highest BCUT2D eigenvalue weighted by molar-refractivity contribution is 5.94. The minimum absolute atomic E-state index is 0.0598. The van der Waals surface area contributed by atoms with Crippen LogP contribution >= 0.6 is 0 Å². The molecule has 0 unspecified atom stereocenters. The van der Waals surface area contributed by atoms with E-state index in [2.05, 4.69) is 23.5 Å². The Kier molecular flexibility index (Phi) is 3.82. The fourth-order valence-electron chi connectivity index (χ4n) is 2.44. The zero-order valence-electron chi connectivity index (χ0n) is 12.9. The number of para-hydroxylation sites is 1. The lowest BCUT2D eigenvalue weighted by Crippen LogP contribution is -2.35. The Balaban J connectivity index is 2.17. The first-order valence-electron chi connectivity index (χ1n) is 7.43. The normalized spacial score (nSPS) is 11.6. The lowest BCUT2D eigenvalue weighted by atomic mass is 10.0. The van der Waals surface area contributed by atoms with Crippen LogP contribution < -0.4 is 5.32 Å². The Labute approximate surface area is 130 Å². The molecule has 3 heteroatoms. The first kappa shape index (κ1) is 14.5. The second-order valence-electron chi connectivity index (χ2n) is 6.11. The Bertz CT molecular complexity index is 782. The SMILES string of the molecule is CC(C)(CO)Nc1cc(-c2ccccc2)nc2ccccc12. The fraction of sp³-hybridized carbons (Fsp3) is 0.211. The van der Waals surface area contributed by atoms with E-state index in [1.54, 1.807) is 0 Å². The van der Waals surface area contributed by atoms with Crippen LogP contribution in [0.25, 0.3) is 22.2 Å². The van der Waals surface area contributed by atoms with Gasteiger partial charge in [0.15, 0.2) is 0 Å². The third-order valence-corrected chi connectivity index (χ3v) is 3.65. The summed E-state index contributed by atoms with van der Waals surface area (Å²) >= 11 is 0. The number of hydrogen-bond acceptors (Lipinski definition) is 3. The third kappa shape index (κ3) is 2.95. The number of nitrogens with zero attached hydrogens (tertiary/aromatic N) is 1. The zero-order chi connectivity index (χ0) is 15.6. The molecule has 0 fully saturated rings. The smallest absolute Gasteiger partial charge is 0.0730 e. The van der Waals surface area contributed by atoms with Crippen LogP contribution in [0.4, 0.5) is 5.69 Å². The molecule has 2 aromatic carbocycles. The van der Waals surface area contributed by atoms with Crippen molar-refractivity contribution in [2.24, 2.45) is 0 Å². The molecule has 0 radical (unpaired) electrons. The van der Waals surface area contributed by atoms with E-state index in [9.17, 15) is 5.11 Å². The van der Waals surface area contributed by atoms with Crippen molar-refractivity contribution in [2.45, 2.75) is 19.4 Å². The maximum absolute atomic E-state index is 9.54. The zero-order valence-corrected chi connectivity index (χ0v) is 12.9. The number of hydrogen-bond donors (Lipinski definition) is 2. The first-order chi connectivity index (χ1) is 10.6. The number of benzene rings is 2. The van der Waals surface area contributed by atoms with Gasteiger partial charge in [-0.15, -0.1) is 0 Å². The lowest BCUT2D eigenvalue weighted by molar-refractivity contribution is 0.234. The van der Waals surface area contributed by atoms with Crippen molar-refractivity contribution in [3.8, 4) is 11.3 Å². The van der Waals surface area contributed by atoms with E-state index < -0.39 is 5.54 Å². The van der Waals surface area contributed by atoms with Crippen molar-refractivity contribution in [1.29, 1.82) is 0 Å². The van der Waals surface area contributed by atoms with Crippen molar-refractivity contribution in [2.75, 3.05) is 11.9 Å². The average molecular weight is 292 g/mol. The number of fused-ring (bicyclic) bond motifs is 1. The number of aliphatic hydroxyl groups is 1. The molecule has 3 nitrogen and oxygen atoms in total. The Hall–Kier alpha value is -2.39. The van der Waals surface area contributed by atoms with Crippen LogP contribution in [0.15, 0.2) is 60.7 Å². The van der Waals surface area contributed by atoms with Crippen molar-refractivity contribution in [3.63, 3.8) is 0 Å². The molecule has 1 heterocycles. The number of aromatic nitrogens is 1. The van der Waals surface area contributed by atoms with Crippen molar-refractivity contribution in [1.82, 2.24) is 4.98 Å². The summed E-state index contributed by atoms with van der Waals surface area (Å²) in [6.45, 7) is 4.01. The van der Waals surface area contributed by atoms with Gasteiger partial charge in [-0.05, 0) is 26.0 Å². The van der Waals surface area contributed by atoms with Crippen LogP contribution in [0.2, 0.25) is 0 Å². The second-order valence-corrected chi connectivity index (χ2v) is 6.11. The molecule has 0 saturated heterocycles. The molecule has 1 aromatic heterocycles. The number of pyridine rings is 1. The van der Waals surface area contributed by atoms with Crippen LogP contribution in [0, 0.1) is 0 Å². The summed E-state index contributed by atoms with van der Waals surface area (Å²) in [5, 5.41) is 14.0. The van der Waals surface area contributed by atoms with E-state index in [-0.39, 0.29) is 6.61 Å². The molecule has 3 rings (SSSR count). The molecule has 2 N–H and O–H groups in total. The van der Waals surface area contributed by atoms with Gasteiger partial charge >= 0.3 is 0 Å². The molecular formula is C19H20N2O. The number of aliphatic hydroxyl groups excluding tert-OH is 1. The summed E-state index contributed by atoms with van der Waals surface area (Å²) in [5.74, 6) is 0. The van der Waals surface area contributed by atoms with Gasteiger partial charge in [0.1, 0.15) is 0 Å². The summed E-state index contributed by atoms with van der Waals surface area (Å²) in [4.78, 5) is 4.76. The molecule has 0 atom stereocenters. The van der Waals surface area contributed by atoms with Crippen molar-refractivity contribution >= 4 is 16.6 Å². The van der Waals surface area contributed by atoms with Gasteiger partial charge < -0.3 is 10.4 Å². The highest BCUT2D eigenvalue weighted by Gasteiger charge is 2.18. The fourth-order valence-corrected chi connectivity index (χ4v) is 2.44. The molecule has 0 amide bonds. The van der Waals surface area contributed by atoms with E-state index in [4.69, 9.17) is 4.98 Å². The van der Waals surface area contributed by atoms with Gasteiger partial charge in [0.25, 0.3) is 0 Å². The maximum atomic E-state index is 9.54. The molecule has 0 spiro atoms. The standard InChI is InChI=1S/C19H20N2O/c1-19(2,13-22)21-18-12-17(14-8-4-3-5-9-14)20-16-11-7-6-10-15(16)18/h3-12,22H,13H2,1-2H3,(H,20,21). The molecule has 22 heavy (non-hydrogen) atoms. The number of anilines is 1. The molecule has 0 aliphatic heterocycles. The minimum atomic E-state index is -0.391. The summed E-state index contributed by atoms with van der Waals surface area (Å²) in [5.41, 5.74) is 3.55. The monoisotopic (exact) mass is 292 g/mol. The highest BCUT2D eigenvalue weighted by atomic mass is 16.3. The molecular weight excluding hydrogens is 272 g/mol. The van der Waals surface area contributed by atoms with Gasteiger partial charge in [0.2, 0.25) is 0 Å². The average Bonchev–Trinajstić information content (AvgIpc) is 2.55. The van der Waals surface area contributed by atoms with Crippen molar-refractivity contribution in [3.05, 3.63) is 60.7 Å². The highest BCUT2D eigenvalue weighted by Crippen LogP contribution is 2.29. The van der Waals surface area contributed by atoms with Crippen LogP contribution in [0.1, 0.15) is 13.8 Å². The third-order valence-electron chi connectivity index (χ3n) is 3.65. The molecule has 0 bridgehead atoms. The van der Waals surface area contributed by atoms with Crippen LogP contribution in [-0.2, 0) is 0 Å². The molecule has 112 valence electrons. The van der Waals surface area contributed by atoms with E-state index in [0.29, 0.717) is 0 Å². The van der Waals surface area contributed by atoms with Crippen LogP contribution in [0.3, 0.4) is 0 Å². The molecule has 0 aliphatic rings. The van der Waals surface area contributed by atoms with E-state index in [1.807, 2.05) is 56.3 Å². The molecule has 3 aromatic rings. The lowest BCUT2D eigenvalue weighted by Gasteiger charge is -2.26. The minimum Gasteiger partial charge on any atom is -0.394 e. The largest absolute Gasteiger partial charge is 0.394 e. The van der Waals surface area contributed by atoms with Gasteiger partial charge in [0.05, 0.1) is 23.4 Å². The van der Waals surface area contributed by atoms with E-state index >= 15 is 0 Å². The molecule has 0 aliphatic carbocycles. The molecule has 0 saturated carbocycles.